The van der Waals surface area contributed by atoms with E-state index in [1.165, 1.54) is 0 Å². The summed E-state index contributed by atoms with van der Waals surface area (Å²) in [6.07, 6.45) is 1.15. The third kappa shape index (κ3) is 2.92. The summed E-state index contributed by atoms with van der Waals surface area (Å²) in [4.78, 5) is 43.7. The van der Waals surface area contributed by atoms with Gasteiger partial charge in [0.15, 0.2) is 0 Å². The fraction of sp³-hybridized carbons (Fsp3) is 0.250. The maximum atomic E-state index is 12.4. The average molecular weight is 422 g/mol. The minimum Gasteiger partial charge on any atom is -0.494 e. The lowest BCUT2D eigenvalue weighted by molar-refractivity contribution is 0.447. The number of hydrogen-bond acceptors (Lipinski definition) is 5. The second-order valence-corrected chi connectivity index (χ2v) is 6.35. The predicted octanol–water partition coefficient (Wildman–Crippen LogP) is 1.44. The molecule has 0 amide bonds. The first-order valence-electron chi connectivity index (χ1n) is 7.89. The molecule has 0 fully saturated rings. The number of hydrogen-bond donors (Lipinski definition) is 3. The maximum absolute atomic E-state index is 12.4. The Morgan fingerprint density at radius 2 is 1.73 bits per heavy atom. The second kappa shape index (κ2) is 6.79. The number of fused-ring (bicyclic) bond motifs is 1. The van der Waals surface area contributed by atoms with Crippen molar-refractivity contribution in [1.82, 2.24) is 19.1 Å². The van der Waals surface area contributed by atoms with Gasteiger partial charge in [0.25, 0.3) is 5.56 Å². The van der Waals surface area contributed by atoms with Crippen LogP contribution in [0, 0.1) is 0 Å². The predicted molar refractivity (Wildman–Crippen MR) is 102 cm³/mol. The highest BCUT2D eigenvalue weighted by atomic mass is 79.9. The number of aryl methyl sites for hydroxylation is 2. The van der Waals surface area contributed by atoms with Crippen LogP contribution < -0.4 is 16.9 Å². The summed E-state index contributed by atoms with van der Waals surface area (Å²) < 4.78 is 3.92. The molecular weight excluding hydrogens is 406 g/mol. The van der Waals surface area contributed by atoms with E-state index in [4.69, 9.17) is 0 Å². The fourth-order valence-electron chi connectivity index (χ4n) is 2.77. The maximum Gasteiger partial charge on any atom is 0.329 e. The zero-order chi connectivity index (χ0) is 19.0. The number of benzene rings is 1. The molecule has 0 spiro atoms. The van der Waals surface area contributed by atoms with Crippen LogP contribution in [-0.4, -0.2) is 30.4 Å². The summed E-state index contributed by atoms with van der Waals surface area (Å²) in [5, 5.41) is 9.72. The second-order valence-electron chi connectivity index (χ2n) is 5.49. The first-order valence-corrected chi connectivity index (χ1v) is 8.68. The number of H-pyrrole nitrogens is 2. The van der Waals surface area contributed by atoms with E-state index in [1.807, 2.05) is 18.8 Å². The molecule has 136 valence electrons. The number of aromatic hydroxyl groups is 1. The number of nitrogens with zero attached hydrogens (tertiary/aromatic N) is 3. The van der Waals surface area contributed by atoms with E-state index < -0.39 is 17.1 Å². The van der Waals surface area contributed by atoms with Crippen molar-refractivity contribution in [2.45, 2.75) is 26.9 Å². The Bertz CT molecular complexity index is 1200. The number of imidazole rings is 1. The van der Waals surface area contributed by atoms with Crippen molar-refractivity contribution in [2.75, 3.05) is 0 Å². The first-order chi connectivity index (χ1) is 12.4. The molecule has 0 radical (unpaired) electrons. The Hall–Kier alpha value is -2.88. The molecule has 0 aliphatic rings. The SMILES string of the molecule is CCn1c(=O)n(CC)c2cc(N=Cc3c(O)[nH]c(=O)[nH]c3=O)c(Br)cc21. The number of aromatic amines is 2. The summed E-state index contributed by atoms with van der Waals surface area (Å²) in [6.45, 7) is 4.82. The van der Waals surface area contributed by atoms with Gasteiger partial charge in [0.05, 0.1) is 16.7 Å². The van der Waals surface area contributed by atoms with Crippen LogP contribution in [0.5, 0.6) is 5.88 Å². The molecule has 3 aromatic rings. The molecule has 0 aliphatic carbocycles. The van der Waals surface area contributed by atoms with Crippen molar-refractivity contribution in [1.29, 1.82) is 0 Å². The Balaban J connectivity index is 2.18. The van der Waals surface area contributed by atoms with Crippen molar-refractivity contribution in [2.24, 2.45) is 4.99 Å². The Kier molecular flexibility index (Phi) is 4.68. The topological polar surface area (TPSA) is 125 Å². The molecule has 0 saturated heterocycles. The van der Waals surface area contributed by atoms with E-state index in [9.17, 15) is 19.5 Å². The van der Waals surface area contributed by atoms with Gasteiger partial charge in [-0.3, -0.25) is 28.9 Å². The van der Waals surface area contributed by atoms with Crippen molar-refractivity contribution in [3.05, 3.63) is 53.5 Å². The van der Waals surface area contributed by atoms with E-state index in [1.54, 1.807) is 21.3 Å². The molecule has 2 aromatic heterocycles. The summed E-state index contributed by atoms with van der Waals surface area (Å²) >= 11 is 3.41. The molecule has 26 heavy (non-hydrogen) atoms. The standard InChI is InChI=1S/C16H16BrN5O4/c1-3-21-11-5-9(17)10(6-12(11)22(4-2)16(21)26)18-7-8-13(23)19-15(25)20-14(8)24/h5-7H,3-4H2,1-2H3,(H3,19,20,23,24,25). The smallest absolute Gasteiger partial charge is 0.329 e. The van der Waals surface area contributed by atoms with Gasteiger partial charge in [0, 0.05) is 23.8 Å². The number of halogens is 1. The first kappa shape index (κ1) is 17.9. The molecule has 3 rings (SSSR count). The lowest BCUT2D eigenvalue weighted by Gasteiger charge is -2.03. The Morgan fingerprint density at radius 3 is 2.31 bits per heavy atom. The van der Waals surface area contributed by atoms with Gasteiger partial charge in [-0.25, -0.2) is 9.59 Å². The van der Waals surface area contributed by atoms with Gasteiger partial charge in [-0.15, -0.1) is 0 Å². The van der Waals surface area contributed by atoms with Crippen LogP contribution in [-0.2, 0) is 13.1 Å². The highest BCUT2D eigenvalue weighted by Gasteiger charge is 2.14. The Labute approximate surface area is 154 Å². The summed E-state index contributed by atoms with van der Waals surface area (Å²) in [6, 6.07) is 3.51. The third-order valence-electron chi connectivity index (χ3n) is 4.01. The van der Waals surface area contributed by atoms with Crippen molar-refractivity contribution >= 4 is 38.9 Å². The largest absolute Gasteiger partial charge is 0.494 e. The summed E-state index contributed by atoms with van der Waals surface area (Å²) in [5.74, 6) is -0.567. The average Bonchev–Trinajstić information content (AvgIpc) is 2.83. The van der Waals surface area contributed by atoms with Crippen LogP contribution in [0.1, 0.15) is 19.4 Å². The van der Waals surface area contributed by atoms with Crippen LogP contribution >= 0.6 is 15.9 Å². The van der Waals surface area contributed by atoms with E-state index in [-0.39, 0.29) is 11.3 Å². The number of nitrogens with one attached hydrogen (secondary N) is 2. The molecule has 10 heteroatoms. The van der Waals surface area contributed by atoms with Gasteiger partial charge in [-0.1, -0.05) is 0 Å². The molecule has 0 saturated carbocycles. The van der Waals surface area contributed by atoms with Crippen LogP contribution in [0.25, 0.3) is 11.0 Å². The van der Waals surface area contributed by atoms with Gasteiger partial charge in [0.2, 0.25) is 5.88 Å². The van der Waals surface area contributed by atoms with Gasteiger partial charge in [-0.2, -0.15) is 0 Å². The molecule has 0 unspecified atom stereocenters. The van der Waals surface area contributed by atoms with E-state index in [0.717, 1.165) is 11.7 Å². The highest BCUT2D eigenvalue weighted by Crippen LogP contribution is 2.30. The molecular formula is C16H16BrN5O4. The lowest BCUT2D eigenvalue weighted by Crippen LogP contribution is -2.24. The zero-order valence-electron chi connectivity index (χ0n) is 14.0. The minimum absolute atomic E-state index is 0.104. The van der Waals surface area contributed by atoms with Crippen molar-refractivity contribution in [3.8, 4) is 5.88 Å². The van der Waals surface area contributed by atoms with Gasteiger partial charge in [0.1, 0.15) is 5.56 Å². The van der Waals surface area contributed by atoms with Gasteiger partial charge in [-0.05, 0) is 41.9 Å². The van der Waals surface area contributed by atoms with E-state index in [2.05, 4.69) is 25.9 Å². The molecule has 0 atom stereocenters. The zero-order valence-corrected chi connectivity index (χ0v) is 15.6. The van der Waals surface area contributed by atoms with Gasteiger partial charge >= 0.3 is 11.4 Å². The van der Waals surface area contributed by atoms with E-state index in [0.29, 0.717) is 28.8 Å². The highest BCUT2D eigenvalue weighted by molar-refractivity contribution is 9.10. The molecule has 0 bridgehead atoms. The summed E-state index contributed by atoms with van der Waals surface area (Å²) in [7, 11) is 0. The monoisotopic (exact) mass is 421 g/mol. The molecule has 2 heterocycles. The number of aromatic nitrogens is 4. The molecule has 9 nitrogen and oxygen atoms in total. The van der Waals surface area contributed by atoms with Crippen LogP contribution in [0.15, 0.2) is 36.0 Å². The quantitative estimate of drug-likeness (QED) is 0.550. The molecule has 0 aliphatic heterocycles. The number of aliphatic imine (C=N–C) groups is 1. The van der Waals surface area contributed by atoms with Crippen LogP contribution in [0.4, 0.5) is 5.69 Å². The fourth-order valence-corrected chi connectivity index (χ4v) is 3.21. The van der Waals surface area contributed by atoms with Crippen molar-refractivity contribution < 1.29 is 5.11 Å². The Morgan fingerprint density at radius 1 is 1.12 bits per heavy atom. The summed E-state index contributed by atoms with van der Waals surface area (Å²) in [5.41, 5.74) is 0.125. The lowest BCUT2D eigenvalue weighted by atomic mass is 10.2. The number of rotatable bonds is 4. The normalized spacial score (nSPS) is 11.7. The third-order valence-corrected chi connectivity index (χ3v) is 4.65. The van der Waals surface area contributed by atoms with Crippen LogP contribution in [0.2, 0.25) is 0 Å². The van der Waals surface area contributed by atoms with Gasteiger partial charge < -0.3 is 5.11 Å². The minimum atomic E-state index is -0.805. The van der Waals surface area contributed by atoms with Crippen LogP contribution in [0.3, 0.4) is 0 Å². The molecule has 1 aromatic carbocycles. The van der Waals surface area contributed by atoms with E-state index >= 15 is 0 Å². The molecule has 3 N–H and O–H groups in total. The van der Waals surface area contributed by atoms with Crippen molar-refractivity contribution in [3.63, 3.8) is 0 Å².